The van der Waals surface area contributed by atoms with E-state index in [1.807, 2.05) is 20.8 Å². The van der Waals surface area contributed by atoms with Gasteiger partial charge in [0.15, 0.2) is 11.5 Å². The summed E-state index contributed by atoms with van der Waals surface area (Å²) in [4.78, 5) is 0. The second kappa shape index (κ2) is 5.18. The Morgan fingerprint density at radius 1 is 1.06 bits per heavy atom. The van der Waals surface area contributed by atoms with Crippen molar-refractivity contribution in [3.8, 4) is 11.5 Å². The van der Waals surface area contributed by atoms with Crippen LogP contribution in [0.2, 0.25) is 0 Å². The summed E-state index contributed by atoms with van der Waals surface area (Å²) in [5, 5.41) is 31.7. The van der Waals surface area contributed by atoms with Crippen molar-refractivity contribution in [3.63, 3.8) is 0 Å². The van der Waals surface area contributed by atoms with E-state index in [1.54, 1.807) is 6.07 Å². The summed E-state index contributed by atoms with van der Waals surface area (Å²) in [5.41, 5.74) is 0.580. The number of nitrogens with one attached hydrogen (secondary N) is 1. The van der Waals surface area contributed by atoms with Crippen LogP contribution in [0.25, 0.3) is 0 Å². The fourth-order valence-electron chi connectivity index (χ4n) is 1.63. The van der Waals surface area contributed by atoms with Gasteiger partial charge in [-0.25, -0.2) is 0 Å². The van der Waals surface area contributed by atoms with Crippen molar-refractivity contribution in [2.45, 2.75) is 39.0 Å². The molecule has 0 fully saturated rings. The monoisotopic (exact) mass is 225 g/mol. The van der Waals surface area contributed by atoms with Crippen molar-refractivity contribution < 1.29 is 15.3 Å². The number of phenolic OH excluding ortho intramolecular Hbond substituents is 2. The van der Waals surface area contributed by atoms with E-state index in [2.05, 4.69) is 5.32 Å². The van der Waals surface area contributed by atoms with Crippen LogP contribution in [-0.2, 0) is 0 Å². The summed E-state index contributed by atoms with van der Waals surface area (Å²) in [6.45, 7) is 5.86. The molecule has 0 saturated carbocycles. The van der Waals surface area contributed by atoms with Gasteiger partial charge in [-0.15, -0.1) is 0 Å². The number of aromatic hydroxyl groups is 2. The van der Waals surface area contributed by atoms with E-state index < -0.39 is 6.10 Å². The van der Waals surface area contributed by atoms with Crippen LogP contribution in [0.4, 0.5) is 0 Å². The van der Waals surface area contributed by atoms with Gasteiger partial charge in [0, 0.05) is 12.1 Å². The van der Waals surface area contributed by atoms with Crippen molar-refractivity contribution in [2.75, 3.05) is 0 Å². The summed E-state index contributed by atoms with van der Waals surface area (Å²) in [6, 6.07) is 4.49. The maximum absolute atomic E-state index is 10.00. The van der Waals surface area contributed by atoms with Crippen LogP contribution >= 0.6 is 0 Å². The summed E-state index contributed by atoms with van der Waals surface area (Å²) in [7, 11) is 0. The average Bonchev–Trinajstić information content (AvgIpc) is 2.20. The molecule has 0 saturated heterocycles. The Kier molecular flexibility index (Phi) is 4.15. The topological polar surface area (TPSA) is 72.7 Å². The Morgan fingerprint density at radius 2 is 1.69 bits per heavy atom. The Morgan fingerprint density at radius 3 is 2.19 bits per heavy atom. The summed E-state index contributed by atoms with van der Waals surface area (Å²) < 4.78 is 0. The minimum Gasteiger partial charge on any atom is -0.504 e. The van der Waals surface area contributed by atoms with Gasteiger partial charge in [-0.3, -0.25) is 0 Å². The highest BCUT2D eigenvalue weighted by Crippen LogP contribution is 2.28. The van der Waals surface area contributed by atoms with Gasteiger partial charge in [0.25, 0.3) is 0 Å². The van der Waals surface area contributed by atoms with Crippen molar-refractivity contribution in [1.82, 2.24) is 5.32 Å². The fraction of sp³-hybridized carbons (Fsp3) is 0.500. The maximum Gasteiger partial charge on any atom is 0.157 e. The van der Waals surface area contributed by atoms with E-state index in [4.69, 9.17) is 5.11 Å². The zero-order valence-electron chi connectivity index (χ0n) is 9.81. The normalized spacial score (nSPS) is 15.1. The van der Waals surface area contributed by atoms with E-state index in [0.29, 0.717) is 5.56 Å². The van der Waals surface area contributed by atoms with Crippen LogP contribution in [0.5, 0.6) is 11.5 Å². The van der Waals surface area contributed by atoms with Gasteiger partial charge in [0.05, 0.1) is 6.10 Å². The first-order chi connectivity index (χ1) is 7.41. The van der Waals surface area contributed by atoms with Gasteiger partial charge >= 0.3 is 0 Å². The van der Waals surface area contributed by atoms with Crippen molar-refractivity contribution >= 4 is 0 Å². The number of rotatable bonds is 4. The van der Waals surface area contributed by atoms with Gasteiger partial charge in [0.1, 0.15) is 0 Å². The molecule has 0 radical (unpaired) electrons. The molecule has 1 rings (SSSR count). The third-order valence-corrected chi connectivity index (χ3v) is 2.41. The smallest absolute Gasteiger partial charge is 0.157 e. The molecule has 0 amide bonds. The molecule has 1 aromatic carbocycles. The molecule has 0 heterocycles. The number of aliphatic hydroxyl groups is 1. The van der Waals surface area contributed by atoms with E-state index in [-0.39, 0.29) is 23.6 Å². The van der Waals surface area contributed by atoms with E-state index >= 15 is 0 Å². The first-order valence-corrected chi connectivity index (χ1v) is 5.37. The van der Waals surface area contributed by atoms with Crippen LogP contribution in [0.3, 0.4) is 0 Å². The Hall–Kier alpha value is -1.26. The highest BCUT2D eigenvalue weighted by Gasteiger charge is 2.17. The van der Waals surface area contributed by atoms with Gasteiger partial charge < -0.3 is 20.6 Å². The predicted molar refractivity (Wildman–Crippen MR) is 62.5 cm³/mol. The molecule has 4 nitrogen and oxygen atoms in total. The molecule has 4 heteroatoms. The van der Waals surface area contributed by atoms with Crippen LogP contribution in [0, 0.1) is 0 Å². The molecule has 90 valence electrons. The third-order valence-electron chi connectivity index (χ3n) is 2.41. The summed E-state index contributed by atoms with van der Waals surface area (Å²) >= 11 is 0. The van der Waals surface area contributed by atoms with Crippen LogP contribution in [0.1, 0.15) is 32.4 Å². The SMILES string of the molecule is CC(C)NC(C)C(O)c1ccc(O)c(O)c1. The summed E-state index contributed by atoms with van der Waals surface area (Å²) in [6.07, 6.45) is -0.714. The Bertz CT molecular complexity index is 352. The molecule has 0 aromatic heterocycles. The zero-order chi connectivity index (χ0) is 12.3. The van der Waals surface area contributed by atoms with Crippen LogP contribution < -0.4 is 5.32 Å². The minimum atomic E-state index is -0.714. The largest absolute Gasteiger partial charge is 0.504 e. The number of aliphatic hydroxyl groups excluding tert-OH is 1. The van der Waals surface area contributed by atoms with Gasteiger partial charge in [-0.1, -0.05) is 19.9 Å². The van der Waals surface area contributed by atoms with Crippen molar-refractivity contribution in [2.24, 2.45) is 0 Å². The number of hydrogen-bond acceptors (Lipinski definition) is 4. The Balaban J connectivity index is 2.79. The molecule has 0 bridgehead atoms. The first-order valence-electron chi connectivity index (χ1n) is 5.37. The number of phenols is 2. The average molecular weight is 225 g/mol. The van der Waals surface area contributed by atoms with Crippen LogP contribution in [-0.4, -0.2) is 27.4 Å². The quantitative estimate of drug-likeness (QED) is 0.586. The molecule has 0 spiro atoms. The van der Waals surface area contributed by atoms with Gasteiger partial charge in [-0.2, -0.15) is 0 Å². The summed E-state index contributed by atoms with van der Waals surface area (Å²) in [5.74, 6) is -0.395. The molecule has 2 atom stereocenters. The maximum atomic E-state index is 10.00. The zero-order valence-corrected chi connectivity index (χ0v) is 9.81. The highest BCUT2D eigenvalue weighted by molar-refractivity contribution is 5.41. The van der Waals surface area contributed by atoms with Crippen LogP contribution in [0.15, 0.2) is 18.2 Å². The number of benzene rings is 1. The molecule has 0 aliphatic carbocycles. The van der Waals surface area contributed by atoms with E-state index in [1.165, 1.54) is 12.1 Å². The fourth-order valence-corrected chi connectivity index (χ4v) is 1.63. The molecule has 2 unspecified atom stereocenters. The lowest BCUT2D eigenvalue weighted by atomic mass is 10.0. The van der Waals surface area contributed by atoms with Gasteiger partial charge in [-0.05, 0) is 24.6 Å². The second-order valence-electron chi connectivity index (χ2n) is 4.30. The molecule has 16 heavy (non-hydrogen) atoms. The predicted octanol–water partition coefficient (Wildman–Crippen LogP) is 1.52. The van der Waals surface area contributed by atoms with Crippen molar-refractivity contribution in [3.05, 3.63) is 23.8 Å². The number of hydrogen-bond donors (Lipinski definition) is 4. The molecule has 0 aliphatic heterocycles. The lowest BCUT2D eigenvalue weighted by molar-refractivity contribution is 0.131. The molecule has 1 aromatic rings. The lowest BCUT2D eigenvalue weighted by Gasteiger charge is -2.23. The Labute approximate surface area is 95.6 Å². The second-order valence-corrected chi connectivity index (χ2v) is 4.30. The van der Waals surface area contributed by atoms with Crippen molar-refractivity contribution in [1.29, 1.82) is 0 Å². The molecular formula is C12H19NO3. The third kappa shape index (κ3) is 3.12. The van der Waals surface area contributed by atoms with E-state index in [9.17, 15) is 10.2 Å². The molecule has 0 aliphatic rings. The van der Waals surface area contributed by atoms with Gasteiger partial charge in [0.2, 0.25) is 0 Å². The highest BCUT2D eigenvalue weighted by atomic mass is 16.3. The first kappa shape index (κ1) is 12.8. The van der Waals surface area contributed by atoms with E-state index in [0.717, 1.165) is 0 Å². The minimum absolute atomic E-state index is 0.121. The standard InChI is InChI=1S/C12H19NO3/c1-7(2)13-8(3)12(16)9-4-5-10(14)11(15)6-9/h4-8,12-16H,1-3H3. The molecule has 4 N–H and O–H groups in total. The lowest BCUT2D eigenvalue weighted by Crippen LogP contribution is -2.36. The molecular weight excluding hydrogens is 206 g/mol.